The molecular formula is C21H19F2N4O4+. The fourth-order valence-electron chi connectivity index (χ4n) is 3.71. The molecule has 1 atom stereocenters. The fourth-order valence-corrected chi connectivity index (χ4v) is 3.71. The number of carbonyl (C=O) groups is 2. The van der Waals surface area contributed by atoms with Gasteiger partial charge in [0.25, 0.3) is 11.6 Å². The number of imidazole rings is 1. The van der Waals surface area contributed by atoms with Crippen molar-refractivity contribution in [3.8, 4) is 0 Å². The van der Waals surface area contributed by atoms with Gasteiger partial charge in [0.05, 0.1) is 19.7 Å². The van der Waals surface area contributed by atoms with Crippen molar-refractivity contribution in [2.24, 2.45) is 10.9 Å². The molecular weight excluding hydrogens is 410 g/mol. The Kier molecular flexibility index (Phi) is 4.92. The highest BCUT2D eigenvalue weighted by Crippen LogP contribution is 2.47. The van der Waals surface area contributed by atoms with E-state index in [-0.39, 0.29) is 17.8 Å². The number of rotatable bonds is 6. The average molecular weight is 429 g/mol. The Morgan fingerprint density at radius 1 is 1.26 bits per heavy atom. The van der Waals surface area contributed by atoms with Crippen molar-refractivity contribution in [2.45, 2.75) is 24.5 Å². The van der Waals surface area contributed by atoms with E-state index in [1.807, 2.05) is 0 Å². The van der Waals surface area contributed by atoms with Gasteiger partial charge in [-0.05, 0) is 12.1 Å². The number of hydrogen-bond acceptors (Lipinski definition) is 5. The zero-order valence-corrected chi connectivity index (χ0v) is 16.5. The topological polar surface area (TPSA) is 100 Å². The lowest BCUT2D eigenvalue weighted by Crippen LogP contribution is -2.53. The summed E-state index contributed by atoms with van der Waals surface area (Å²) in [6.45, 7) is 0.00437. The van der Waals surface area contributed by atoms with Crippen LogP contribution in [-0.2, 0) is 26.8 Å². The number of amides is 1. The van der Waals surface area contributed by atoms with Crippen LogP contribution in [0, 0.1) is 0 Å². The molecule has 0 spiro atoms. The molecule has 8 nitrogen and oxygen atoms in total. The number of oxime groups is 1. The molecule has 1 unspecified atom stereocenters. The lowest BCUT2D eigenvalue weighted by molar-refractivity contribution is -0.510. The number of methoxy groups -OCH3 is 1. The van der Waals surface area contributed by atoms with Gasteiger partial charge < -0.3 is 15.3 Å². The molecule has 0 fully saturated rings. The minimum atomic E-state index is -3.71. The minimum Gasteiger partial charge on any atom is -0.466 e. The maximum absolute atomic E-state index is 15.5. The van der Waals surface area contributed by atoms with E-state index in [1.54, 1.807) is 45.8 Å². The molecule has 31 heavy (non-hydrogen) atoms. The van der Waals surface area contributed by atoms with Crippen LogP contribution in [0.5, 0.6) is 0 Å². The monoisotopic (exact) mass is 429 g/mol. The Hall–Kier alpha value is -3.82. The van der Waals surface area contributed by atoms with Gasteiger partial charge in [-0.1, -0.05) is 35.5 Å². The summed E-state index contributed by atoms with van der Waals surface area (Å²) in [6.07, 6.45) is 4.56. The second kappa shape index (κ2) is 7.46. The summed E-state index contributed by atoms with van der Waals surface area (Å²) in [5.41, 5.74) is 3.32. The Morgan fingerprint density at radius 2 is 2.00 bits per heavy atom. The third kappa shape index (κ3) is 3.20. The van der Waals surface area contributed by atoms with Crippen LogP contribution in [-0.4, -0.2) is 34.9 Å². The van der Waals surface area contributed by atoms with Gasteiger partial charge in [0.2, 0.25) is 0 Å². The number of halogens is 2. The Bertz CT molecular complexity index is 1190. The number of hydrogen-bond donors (Lipinski definition) is 1. The maximum Gasteiger partial charge on any atom is 0.360 e. The van der Waals surface area contributed by atoms with Crippen LogP contribution in [0.3, 0.4) is 0 Å². The summed E-state index contributed by atoms with van der Waals surface area (Å²) in [6, 6.07) is 10.1. The first-order chi connectivity index (χ1) is 14.8. The van der Waals surface area contributed by atoms with Crippen molar-refractivity contribution in [3.05, 3.63) is 72.2 Å². The minimum absolute atomic E-state index is 0.00437. The van der Waals surface area contributed by atoms with Gasteiger partial charge in [0, 0.05) is 5.56 Å². The SMILES string of the molecule is COC(=O)C1(C(F)(F)c2ccccc2)CC(Cn2cc[n+]3cccc(C(N)=O)c23)=NO1. The standard InChI is InChI=1S/C21H18F2N4O4/c1-30-19(29)20(21(22,23)14-6-3-2-4-7-14)12-15(25-31-20)13-27-11-10-26-9-5-8-16(17(24)28)18(26)27/h2-11H,12-13H2,1H3,(H-,24,28)/p+1. The second-order valence-corrected chi connectivity index (χ2v) is 7.13. The largest absolute Gasteiger partial charge is 0.466 e. The molecule has 0 radical (unpaired) electrons. The van der Waals surface area contributed by atoms with Crippen molar-refractivity contribution >= 4 is 23.2 Å². The first-order valence-electron chi connectivity index (χ1n) is 9.35. The molecule has 0 saturated heterocycles. The molecule has 160 valence electrons. The summed E-state index contributed by atoms with van der Waals surface area (Å²) in [5.74, 6) is -5.58. The molecule has 1 amide bonds. The number of primary amides is 1. The number of alkyl halides is 2. The summed E-state index contributed by atoms with van der Waals surface area (Å²) in [7, 11) is 1.02. The number of benzene rings is 1. The zero-order valence-electron chi connectivity index (χ0n) is 16.5. The number of carbonyl (C=O) groups excluding carboxylic acids is 2. The van der Waals surface area contributed by atoms with Gasteiger partial charge in [-0.25, -0.2) is 13.8 Å². The molecule has 1 aliphatic rings. The van der Waals surface area contributed by atoms with Crippen LogP contribution in [0.25, 0.3) is 5.65 Å². The number of nitrogens with zero attached hydrogens (tertiary/aromatic N) is 3. The number of fused-ring (bicyclic) bond motifs is 1. The molecule has 2 N–H and O–H groups in total. The highest BCUT2D eigenvalue weighted by molar-refractivity contribution is 5.98. The quantitative estimate of drug-likeness (QED) is 0.477. The number of pyridine rings is 1. The van der Waals surface area contributed by atoms with E-state index in [0.717, 1.165) is 7.11 Å². The van der Waals surface area contributed by atoms with Gasteiger partial charge >= 0.3 is 17.5 Å². The molecule has 2 aromatic heterocycles. The van der Waals surface area contributed by atoms with Crippen molar-refractivity contribution in [3.63, 3.8) is 0 Å². The van der Waals surface area contributed by atoms with E-state index in [4.69, 9.17) is 10.6 Å². The molecule has 3 aromatic rings. The number of aromatic nitrogens is 2. The highest BCUT2D eigenvalue weighted by Gasteiger charge is 2.67. The van der Waals surface area contributed by atoms with Gasteiger partial charge in [-0.15, -0.1) is 0 Å². The molecule has 3 heterocycles. The van der Waals surface area contributed by atoms with E-state index < -0.39 is 35.4 Å². The van der Waals surface area contributed by atoms with E-state index in [9.17, 15) is 9.59 Å². The van der Waals surface area contributed by atoms with Crippen molar-refractivity contribution < 1.29 is 32.3 Å². The third-order valence-electron chi connectivity index (χ3n) is 5.23. The van der Waals surface area contributed by atoms with Crippen molar-refractivity contribution in [2.75, 3.05) is 7.11 Å². The predicted octanol–water partition coefficient (Wildman–Crippen LogP) is 1.81. The lowest BCUT2D eigenvalue weighted by atomic mass is 9.85. The Morgan fingerprint density at radius 3 is 2.68 bits per heavy atom. The van der Waals surface area contributed by atoms with Crippen LogP contribution >= 0.6 is 0 Å². The molecule has 0 saturated carbocycles. The predicted molar refractivity (Wildman–Crippen MR) is 104 cm³/mol. The molecule has 10 heteroatoms. The molecule has 1 aromatic carbocycles. The Labute approximate surface area is 175 Å². The zero-order chi connectivity index (χ0) is 22.2. The van der Waals surface area contributed by atoms with E-state index in [0.29, 0.717) is 5.65 Å². The molecule has 4 rings (SSSR count). The van der Waals surface area contributed by atoms with Gasteiger partial charge in [-0.3, -0.25) is 4.79 Å². The summed E-state index contributed by atoms with van der Waals surface area (Å²) < 4.78 is 38.9. The van der Waals surface area contributed by atoms with Crippen LogP contribution in [0.1, 0.15) is 22.3 Å². The first-order valence-corrected chi connectivity index (χ1v) is 9.35. The lowest BCUT2D eigenvalue weighted by Gasteiger charge is -2.32. The maximum atomic E-state index is 15.5. The van der Waals surface area contributed by atoms with Gasteiger partial charge in [0.1, 0.15) is 30.2 Å². The van der Waals surface area contributed by atoms with E-state index in [2.05, 4.69) is 9.89 Å². The van der Waals surface area contributed by atoms with Crippen molar-refractivity contribution in [1.29, 1.82) is 0 Å². The summed E-state index contributed by atoms with van der Waals surface area (Å²) in [4.78, 5) is 29.4. The van der Waals surface area contributed by atoms with Crippen LogP contribution in [0.15, 0.2) is 66.2 Å². The summed E-state index contributed by atoms with van der Waals surface area (Å²) >= 11 is 0. The van der Waals surface area contributed by atoms with Crippen molar-refractivity contribution in [1.82, 2.24) is 4.57 Å². The number of esters is 1. The summed E-state index contributed by atoms with van der Waals surface area (Å²) in [5, 5.41) is 3.80. The first kappa shape index (κ1) is 20.5. The smallest absolute Gasteiger partial charge is 0.360 e. The van der Waals surface area contributed by atoms with Crippen LogP contribution in [0.4, 0.5) is 8.78 Å². The number of nitrogens with two attached hydrogens (primary N) is 1. The van der Waals surface area contributed by atoms with E-state index in [1.165, 1.54) is 24.3 Å². The molecule has 0 bridgehead atoms. The third-order valence-corrected chi connectivity index (χ3v) is 5.23. The van der Waals surface area contributed by atoms with Crippen LogP contribution < -0.4 is 10.1 Å². The van der Waals surface area contributed by atoms with Gasteiger partial charge in [-0.2, -0.15) is 8.78 Å². The van der Waals surface area contributed by atoms with E-state index >= 15 is 8.78 Å². The molecule has 0 aliphatic carbocycles. The fraction of sp³-hybridized carbons (Fsp3) is 0.238. The molecule has 1 aliphatic heterocycles. The number of ether oxygens (including phenoxy) is 1. The highest BCUT2D eigenvalue weighted by atomic mass is 19.3. The van der Waals surface area contributed by atoms with Gasteiger partial charge in [0.15, 0.2) is 0 Å². The second-order valence-electron chi connectivity index (χ2n) is 7.13. The Balaban J connectivity index is 1.69. The van der Waals surface area contributed by atoms with Crippen LogP contribution in [0.2, 0.25) is 0 Å². The average Bonchev–Trinajstić information content (AvgIpc) is 3.39. The normalized spacial score (nSPS) is 18.5.